The van der Waals surface area contributed by atoms with Crippen molar-refractivity contribution in [2.75, 3.05) is 20.2 Å². The van der Waals surface area contributed by atoms with Gasteiger partial charge in [0.2, 0.25) is 0 Å². The minimum absolute atomic E-state index is 0.0206. The van der Waals surface area contributed by atoms with Crippen LogP contribution in [0, 0.1) is 0 Å². The summed E-state index contributed by atoms with van der Waals surface area (Å²) in [5.74, 6) is 0.849. The van der Waals surface area contributed by atoms with Gasteiger partial charge >= 0.3 is 0 Å². The Hall–Kier alpha value is -1.78. The van der Waals surface area contributed by atoms with E-state index in [1.807, 2.05) is 42.5 Å². The molecule has 1 amide bonds. The molecule has 0 aliphatic heterocycles. The fourth-order valence-electron chi connectivity index (χ4n) is 1.91. The molecule has 2 aromatic rings. The Morgan fingerprint density at radius 3 is 2.38 bits per heavy atom. The third-order valence-corrected chi connectivity index (χ3v) is 4.21. The van der Waals surface area contributed by atoms with E-state index in [9.17, 15) is 4.79 Å². The lowest BCUT2D eigenvalue weighted by molar-refractivity contribution is 0.0767. The highest BCUT2D eigenvalue weighted by Gasteiger charge is 2.10. The first-order chi connectivity index (χ1) is 10.2. The Morgan fingerprint density at radius 1 is 1.10 bits per heavy atom. The van der Waals surface area contributed by atoms with E-state index in [1.54, 1.807) is 18.8 Å². The Balaban J connectivity index is 1.94. The lowest BCUT2D eigenvalue weighted by Gasteiger charge is -2.15. The van der Waals surface area contributed by atoms with Gasteiger partial charge in [0.05, 0.1) is 6.61 Å². The van der Waals surface area contributed by atoms with Crippen molar-refractivity contribution >= 4 is 17.7 Å². The molecule has 3 nitrogen and oxygen atoms in total. The molecule has 0 saturated carbocycles. The average molecular weight is 301 g/mol. The quantitative estimate of drug-likeness (QED) is 0.834. The summed E-state index contributed by atoms with van der Waals surface area (Å²) in [6.45, 7) is 0.330. The van der Waals surface area contributed by atoms with E-state index < -0.39 is 0 Å². The Kier molecular flexibility index (Phi) is 5.84. The number of carbonyl (C=O) groups is 1. The second-order valence-electron chi connectivity index (χ2n) is 4.75. The highest BCUT2D eigenvalue weighted by Crippen LogP contribution is 2.23. The molecule has 0 aliphatic rings. The van der Waals surface area contributed by atoms with Crippen LogP contribution in [0.15, 0.2) is 59.5 Å². The predicted molar refractivity (Wildman–Crippen MR) is 86.5 cm³/mol. The largest absolute Gasteiger partial charge is 0.395 e. The van der Waals surface area contributed by atoms with Crippen molar-refractivity contribution < 1.29 is 9.90 Å². The van der Waals surface area contributed by atoms with E-state index in [-0.39, 0.29) is 12.5 Å². The highest BCUT2D eigenvalue weighted by atomic mass is 32.2. The van der Waals surface area contributed by atoms with Crippen molar-refractivity contribution in [1.82, 2.24) is 4.90 Å². The monoisotopic (exact) mass is 301 g/mol. The molecule has 0 radical (unpaired) electrons. The fraction of sp³-hybridized carbons (Fsp3) is 0.235. The number of thioether (sulfide) groups is 1. The molecule has 0 bridgehead atoms. The van der Waals surface area contributed by atoms with Gasteiger partial charge in [-0.25, -0.2) is 0 Å². The minimum atomic E-state index is -0.0661. The maximum Gasteiger partial charge on any atom is 0.253 e. The SMILES string of the molecule is CN(CCO)C(=O)c1ccc(SCc2ccccc2)cc1. The molecule has 0 unspecified atom stereocenters. The van der Waals surface area contributed by atoms with Crippen LogP contribution in [0.2, 0.25) is 0 Å². The van der Waals surface area contributed by atoms with Crippen molar-refractivity contribution in [1.29, 1.82) is 0 Å². The number of benzene rings is 2. The van der Waals surface area contributed by atoms with Gasteiger partial charge in [0.25, 0.3) is 5.91 Å². The van der Waals surface area contributed by atoms with Gasteiger partial charge in [0.15, 0.2) is 0 Å². The lowest BCUT2D eigenvalue weighted by Crippen LogP contribution is -2.29. The molecule has 4 heteroatoms. The van der Waals surface area contributed by atoms with Gasteiger partial charge in [0, 0.05) is 29.8 Å². The third-order valence-electron chi connectivity index (χ3n) is 3.13. The molecule has 0 aromatic heterocycles. The Morgan fingerprint density at radius 2 is 1.76 bits per heavy atom. The third kappa shape index (κ3) is 4.62. The molecule has 21 heavy (non-hydrogen) atoms. The predicted octanol–water partition coefficient (Wildman–Crippen LogP) is 3.04. The zero-order valence-corrected chi connectivity index (χ0v) is 12.8. The first kappa shape index (κ1) is 15.6. The standard InChI is InChI=1S/C17H19NO2S/c1-18(11-12-19)17(20)15-7-9-16(10-8-15)21-13-14-5-3-2-4-6-14/h2-10,19H,11-13H2,1H3. The normalized spacial score (nSPS) is 10.4. The summed E-state index contributed by atoms with van der Waals surface area (Å²) >= 11 is 1.75. The van der Waals surface area contributed by atoms with Crippen molar-refractivity contribution in [3.8, 4) is 0 Å². The maximum atomic E-state index is 12.0. The van der Waals surface area contributed by atoms with Crippen LogP contribution in [0.5, 0.6) is 0 Å². The summed E-state index contributed by atoms with van der Waals surface area (Å²) in [7, 11) is 1.69. The van der Waals surface area contributed by atoms with Gasteiger partial charge in [0.1, 0.15) is 0 Å². The highest BCUT2D eigenvalue weighted by molar-refractivity contribution is 7.98. The topological polar surface area (TPSA) is 40.5 Å². The Labute approximate surface area is 129 Å². The number of rotatable bonds is 6. The average Bonchev–Trinajstić information content (AvgIpc) is 2.54. The zero-order chi connectivity index (χ0) is 15.1. The van der Waals surface area contributed by atoms with E-state index in [0.29, 0.717) is 12.1 Å². The number of amides is 1. The molecule has 0 heterocycles. The van der Waals surface area contributed by atoms with Crippen LogP contribution >= 0.6 is 11.8 Å². The van der Waals surface area contributed by atoms with E-state index in [4.69, 9.17) is 5.11 Å². The molecule has 0 spiro atoms. The van der Waals surface area contributed by atoms with Crippen LogP contribution in [0.25, 0.3) is 0 Å². The summed E-state index contributed by atoms with van der Waals surface area (Å²) in [4.78, 5) is 14.7. The van der Waals surface area contributed by atoms with Crippen LogP contribution in [-0.4, -0.2) is 36.1 Å². The smallest absolute Gasteiger partial charge is 0.253 e. The first-order valence-corrected chi connectivity index (χ1v) is 7.82. The Bertz CT molecular complexity index is 569. The lowest BCUT2D eigenvalue weighted by atomic mass is 10.2. The number of hydrogen-bond acceptors (Lipinski definition) is 3. The van der Waals surface area contributed by atoms with E-state index in [2.05, 4.69) is 12.1 Å². The van der Waals surface area contributed by atoms with Gasteiger partial charge in [-0.1, -0.05) is 30.3 Å². The molecule has 2 aromatic carbocycles. The maximum absolute atomic E-state index is 12.0. The van der Waals surface area contributed by atoms with E-state index in [0.717, 1.165) is 10.6 Å². The van der Waals surface area contributed by atoms with Gasteiger partial charge in [-0.15, -0.1) is 11.8 Å². The van der Waals surface area contributed by atoms with Gasteiger partial charge in [-0.2, -0.15) is 0 Å². The van der Waals surface area contributed by atoms with Crippen LogP contribution in [0.1, 0.15) is 15.9 Å². The van der Waals surface area contributed by atoms with Crippen molar-refractivity contribution in [2.45, 2.75) is 10.6 Å². The summed E-state index contributed by atoms with van der Waals surface area (Å²) in [6.07, 6.45) is 0. The van der Waals surface area contributed by atoms with Gasteiger partial charge < -0.3 is 10.0 Å². The van der Waals surface area contributed by atoms with Gasteiger partial charge in [-0.05, 0) is 29.8 Å². The van der Waals surface area contributed by atoms with Crippen molar-refractivity contribution in [3.63, 3.8) is 0 Å². The van der Waals surface area contributed by atoms with Crippen LogP contribution in [-0.2, 0) is 5.75 Å². The molecule has 0 saturated heterocycles. The van der Waals surface area contributed by atoms with E-state index >= 15 is 0 Å². The molecule has 0 atom stereocenters. The van der Waals surface area contributed by atoms with Crippen molar-refractivity contribution in [3.05, 3.63) is 65.7 Å². The number of aliphatic hydroxyl groups is 1. The minimum Gasteiger partial charge on any atom is -0.395 e. The molecular formula is C17H19NO2S. The van der Waals surface area contributed by atoms with Crippen molar-refractivity contribution in [2.24, 2.45) is 0 Å². The van der Waals surface area contributed by atoms with E-state index in [1.165, 1.54) is 10.5 Å². The van der Waals surface area contributed by atoms with Crippen LogP contribution in [0.4, 0.5) is 0 Å². The summed E-state index contributed by atoms with van der Waals surface area (Å²) in [6, 6.07) is 17.9. The molecule has 0 fully saturated rings. The summed E-state index contributed by atoms with van der Waals surface area (Å²) < 4.78 is 0. The second-order valence-corrected chi connectivity index (χ2v) is 5.80. The molecule has 110 valence electrons. The number of nitrogens with zero attached hydrogens (tertiary/aromatic N) is 1. The molecular weight excluding hydrogens is 282 g/mol. The van der Waals surface area contributed by atoms with Crippen LogP contribution in [0.3, 0.4) is 0 Å². The number of hydrogen-bond donors (Lipinski definition) is 1. The second kappa shape index (κ2) is 7.86. The van der Waals surface area contributed by atoms with Gasteiger partial charge in [-0.3, -0.25) is 4.79 Å². The molecule has 2 rings (SSSR count). The molecule has 1 N–H and O–H groups in total. The van der Waals surface area contributed by atoms with Crippen LogP contribution < -0.4 is 0 Å². The first-order valence-electron chi connectivity index (χ1n) is 6.84. The summed E-state index contributed by atoms with van der Waals surface area (Å²) in [5.41, 5.74) is 1.93. The number of likely N-dealkylation sites (N-methyl/N-ethyl adjacent to an activating group) is 1. The zero-order valence-electron chi connectivity index (χ0n) is 12.0. The number of carbonyl (C=O) groups excluding carboxylic acids is 1. The fourth-order valence-corrected chi connectivity index (χ4v) is 2.76. The number of aliphatic hydroxyl groups excluding tert-OH is 1. The molecule has 0 aliphatic carbocycles. The summed E-state index contributed by atoms with van der Waals surface area (Å²) in [5, 5.41) is 8.86.